The maximum absolute atomic E-state index is 11.1. The Labute approximate surface area is 109 Å². The van der Waals surface area contributed by atoms with Gasteiger partial charge in [-0.1, -0.05) is 0 Å². The largest absolute Gasteiger partial charge is 0.477 e. The van der Waals surface area contributed by atoms with Crippen molar-refractivity contribution < 1.29 is 19.4 Å². The fourth-order valence-corrected chi connectivity index (χ4v) is 2.08. The van der Waals surface area contributed by atoms with E-state index in [0.29, 0.717) is 17.0 Å². The predicted molar refractivity (Wildman–Crippen MR) is 69.2 cm³/mol. The molecular formula is C13H12N2O4. The van der Waals surface area contributed by atoms with Gasteiger partial charge in [-0.25, -0.2) is 9.78 Å². The molecule has 6 nitrogen and oxygen atoms in total. The Balaban J connectivity index is 2.33. The normalized spacial score (nSPS) is 12.7. The first-order chi connectivity index (χ1) is 9.06. The highest BCUT2D eigenvalue weighted by molar-refractivity contribution is 5.98. The molecule has 2 aromatic rings. The number of hydrogen-bond acceptors (Lipinski definition) is 5. The lowest BCUT2D eigenvalue weighted by atomic mass is 10.1. The standard InChI is InChI=1S/C13H12N2O4/c1-15(2)10-4-9(13(16)17)14-8-5-12-11(3-7(8)10)18-6-19-12/h3-5H,6H2,1-2H3,(H,16,17). The summed E-state index contributed by atoms with van der Waals surface area (Å²) in [5.74, 6) is 0.190. The van der Waals surface area contributed by atoms with Crippen molar-refractivity contribution in [2.75, 3.05) is 25.8 Å². The van der Waals surface area contributed by atoms with Crippen LogP contribution in [0.3, 0.4) is 0 Å². The van der Waals surface area contributed by atoms with Crippen molar-refractivity contribution in [1.82, 2.24) is 4.98 Å². The molecule has 98 valence electrons. The van der Waals surface area contributed by atoms with Crippen molar-refractivity contribution >= 4 is 22.6 Å². The first-order valence-electron chi connectivity index (χ1n) is 5.71. The van der Waals surface area contributed by atoms with Crippen LogP contribution in [-0.2, 0) is 0 Å². The van der Waals surface area contributed by atoms with E-state index in [9.17, 15) is 4.79 Å². The van der Waals surface area contributed by atoms with Crippen molar-refractivity contribution in [3.63, 3.8) is 0 Å². The summed E-state index contributed by atoms with van der Waals surface area (Å²) in [6.07, 6.45) is 0. The quantitative estimate of drug-likeness (QED) is 0.886. The highest BCUT2D eigenvalue weighted by Crippen LogP contribution is 2.38. The van der Waals surface area contributed by atoms with E-state index in [-0.39, 0.29) is 12.5 Å². The molecule has 0 atom stereocenters. The van der Waals surface area contributed by atoms with E-state index < -0.39 is 5.97 Å². The van der Waals surface area contributed by atoms with E-state index in [2.05, 4.69) is 4.98 Å². The van der Waals surface area contributed by atoms with Crippen LogP contribution < -0.4 is 14.4 Å². The summed E-state index contributed by atoms with van der Waals surface area (Å²) in [7, 11) is 3.70. The van der Waals surface area contributed by atoms with Crippen LogP contribution in [0.5, 0.6) is 11.5 Å². The number of hydrogen-bond donors (Lipinski definition) is 1. The van der Waals surface area contributed by atoms with Gasteiger partial charge in [-0.15, -0.1) is 0 Å². The van der Waals surface area contributed by atoms with Crippen LogP contribution in [0.2, 0.25) is 0 Å². The van der Waals surface area contributed by atoms with Gasteiger partial charge in [-0.05, 0) is 12.1 Å². The van der Waals surface area contributed by atoms with Crippen molar-refractivity contribution in [2.24, 2.45) is 0 Å². The number of fused-ring (bicyclic) bond motifs is 2. The van der Waals surface area contributed by atoms with Crippen molar-refractivity contribution in [3.8, 4) is 11.5 Å². The second-order valence-electron chi connectivity index (χ2n) is 4.45. The van der Waals surface area contributed by atoms with E-state index >= 15 is 0 Å². The first kappa shape index (κ1) is 11.6. The number of benzene rings is 1. The molecule has 0 fully saturated rings. The van der Waals surface area contributed by atoms with Crippen molar-refractivity contribution in [1.29, 1.82) is 0 Å². The van der Waals surface area contributed by atoms with Gasteiger partial charge in [-0.3, -0.25) is 0 Å². The zero-order valence-corrected chi connectivity index (χ0v) is 10.5. The second kappa shape index (κ2) is 4.01. The number of carbonyl (C=O) groups is 1. The minimum Gasteiger partial charge on any atom is -0.477 e. The number of pyridine rings is 1. The van der Waals surface area contributed by atoms with Crippen molar-refractivity contribution in [2.45, 2.75) is 0 Å². The molecule has 1 aromatic carbocycles. The molecule has 0 spiro atoms. The second-order valence-corrected chi connectivity index (χ2v) is 4.45. The number of anilines is 1. The maximum Gasteiger partial charge on any atom is 0.354 e. The number of ether oxygens (including phenoxy) is 2. The third-order valence-corrected chi connectivity index (χ3v) is 2.98. The molecule has 0 aliphatic carbocycles. The number of aromatic nitrogens is 1. The van der Waals surface area contributed by atoms with E-state index in [1.807, 2.05) is 25.1 Å². The molecule has 0 radical (unpaired) electrons. The molecule has 2 heterocycles. The monoisotopic (exact) mass is 260 g/mol. The van der Waals surface area contributed by atoms with E-state index in [1.54, 1.807) is 12.1 Å². The van der Waals surface area contributed by atoms with Crippen LogP contribution in [0.25, 0.3) is 10.9 Å². The average Bonchev–Trinajstić information content (AvgIpc) is 2.81. The van der Waals surface area contributed by atoms with E-state index in [4.69, 9.17) is 14.6 Å². The van der Waals surface area contributed by atoms with Crippen LogP contribution in [0.4, 0.5) is 5.69 Å². The number of rotatable bonds is 2. The topological polar surface area (TPSA) is 71.9 Å². The van der Waals surface area contributed by atoms with Gasteiger partial charge in [0.05, 0.1) is 5.52 Å². The summed E-state index contributed by atoms with van der Waals surface area (Å²) in [5.41, 5.74) is 1.36. The summed E-state index contributed by atoms with van der Waals surface area (Å²) in [6.45, 7) is 0.175. The Kier molecular flexibility index (Phi) is 2.45. The summed E-state index contributed by atoms with van der Waals surface area (Å²) >= 11 is 0. The lowest BCUT2D eigenvalue weighted by Crippen LogP contribution is -2.11. The number of carboxylic acid groups (broad SMARTS) is 1. The lowest BCUT2D eigenvalue weighted by molar-refractivity contribution is 0.0691. The lowest BCUT2D eigenvalue weighted by Gasteiger charge is -2.16. The molecule has 0 saturated heterocycles. The van der Waals surface area contributed by atoms with Crippen LogP contribution in [0, 0.1) is 0 Å². The zero-order valence-electron chi connectivity index (χ0n) is 10.5. The first-order valence-corrected chi connectivity index (χ1v) is 5.71. The van der Waals surface area contributed by atoms with Gasteiger partial charge >= 0.3 is 5.97 Å². The molecule has 0 bridgehead atoms. The molecule has 1 aliphatic rings. The molecule has 1 aliphatic heterocycles. The minimum atomic E-state index is -1.05. The molecular weight excluding hydrogens is 248 g/mol. The van der Waals surface area contributed by atoms with Gasteiger partial charge in [0.1, 0.15) is 0 Å². The van der Waals surface area contributed by atoms with Gasteiger partial charge < -0.3 is 19.5 Å². The van der Waals surface area contributed by atoms with Crippen LogP contribution in [0.15, 0.2) is 18.2 Å². The Morgan fingerprint density at radius 2 is 1.95 bits per heavy atom. The third kappa shape index (κ3) is 1.81. The molecule has 3 rings (SSSR count). The van der Waals surface area contributed by atoms with Gasteiger partial charge in [0.15, 0.2) is 17.2 Å². The predicted octanol–water partition coefficient (Wildman–Crippen LogP) is 1.73. The highest BCUT2D eigenvalue weighted by Gasteiger charge is 2.19. The Bertz CT molecular complexity index is 682. The van der Waals surface area contributed by atoms with Gasteiger partial charge in [-0.2, -0.15) is 0 Å². The van der Waals surface area contributed by atoms with E-state index in [1.165, 1.54) is 0 Å². The third-order valence-electron chi connectivity index (χ3n) is 2.98. The van der Waals surface area contributed by atoms with E-state index in [0.717, 1.165) is 11.1 Å². The molecule has 0 saturated carbocycles. The number of aromatic carboxylic acids is 1. The molecule has 0 unspecified atom stereocenters. The highest BCUT2D eigenvalue weighted by atomic mass is 16.7. The van der Waals surface area contributed by atoms with Gasteiger partial charge in [0.2, 0.25) is 6.79 Å². The number of nitrogens with zero attached hydrogens (tertiary/aromatic N) is 2. The molecule has 1 N–H and O–H groups in total. The zero-order chi connectivity index (χ0) is 13.6. The van der Waals surface area contributed by atoms with Crippen LogP contribution in [0.1, 0.15) is 10.5 Å². The summed E-state index contributed by atoms with van der Waals surface area (Å²) in [5, 5.41) is 9.94. The molecule has 1 aromatic heterocycles. The summed E-state index contributed by atoms with van der Waals surface area (Å²) in [4.78, 5) is 17.1. The smallest absolute Gasteiger partial charge is 0.354 e. The maximum atomic E-state index is 11.1. The molecule has 19 heavy (non-hydrogen) atoms. The fraction of sp³-hybridized carbons (Fsp3) is 0.231. The van der Waals surface area contributed by atoms with Crippen LogP contribution in [-0.4, -0.2) is 36.9 Å². The number of carboxylic acids is 1. The Hall–Kier alpha value is -2.50. The summed E-state index contributed by atoms with van der Waals surface area (Å²) < 4.78 is 10.6. The summed E-state index contributed by atoms with van der Waals surface area (Å²) in [6, 6.07) is 5.08. The van der Waals surface area contributed by atoms with Gasteiger partial charge in [0, 0.05) is 31.2 Å². The minimum absolute atomic E-state index is 0.00932. The Morgan fingerprint density at radius 1 is 1.26 bits per heavy atom. The molecule has 6 heteroatoms. The Morgan fingerprint density at radius 3 is 2.58 bits per heavy atom. The molecule has 0 amide bonds. The van der Waals surface area contributed by atoms with Crippen LogP contribution >= 0.6 is 0 Å². The SMILES string of the molecule is CN(C)c1cc(C(=O)O)nc2cc3c(cc12)OCO3. The fourth-order valence-electron chi connectivity index (χ4n) is 2.08. The average molecular weight is 260 g/mol. The van der Waals surface area contributed by atoms with Crippen molar-refractivity contribution in [3.05, 3.63) is 23.9 Å². The van der Waals surface area contributed by atoms with Gasteiger partial charge in [0.25, 0.3) is 0 Å².